The third-order valence-corrected chi connectivity index (χ3v) is 5.31. The number of amides is 1. The molecule has 1 saturated heterocycles. The number of H-pyrrole nitrogens is 1. The molecular formula is C19H23N3O5. The van der Waals surface area contributed by atoms with Crippen LogP contribution in [0.1, 0.15) is 44.1 Å². The smallest absolute Gasteiger partial charge is 0.434 e. The molecule has 0 spiro atoms. The SMILES string of the molecule is CC(C)(C(=O)N1CCCC(c2n[nH]c(=O)o2)C1)c1ccc2c(c1)OCCO2. The minimum Gasteiger partial charge on any atom is -0.486 e. The van der Waals surface area contributed by atoms with Crippen LogP contribution in [-0.4, -0.2) is 47.3 Å². The Kier molecular flexibility index (Phi) is 4.41. The summed E-state index contributed by atoms with van der Waals surface area (Å²) >= 11 is 0. The van der Waals surface area contributed by atoms with Gasteiger partial charge in [0.15, 0.2) is 11.5 Å². The van der Waals surface area contributed by atoms with Gasteiger partial charge < -0.3 is 18.8 Å². The zero-order valence-corrected chi connectivity index (χ0v) is 15.5. The van der Waals surface area contributed by atoms with E-state index in [2.05, 4.69) is 10.2 Å². The van der Waals surface area contributed by atoms with Gasteiger partial charge in [-0.3, -0.25) is 4.79 Å². The van der Waals surface area contributed by atoms with E-state index < -0.39 is 11.2 Å². The van der Waals surface area contributed by atoms with Crippen molar-refractivity contribution in [2.24, 2.45) is 0 Å². The van der Waals surface area contributed by atoms with Crippen molar-refractivity contribution >= 4 is 5.91 Å². The number of likely N-dealkylation sites (tertiary alicyclic amines) is 1. The Bertz CT molecular complexity index is 901. The molecule has 4 rings (SSSR count). The normalized spacial score (nSPS) is 19.8. The Hall–Kier alpha value is -2.77. The molecule has 1 fully saturated rings. The number of carbonyl (C=O) groups is 1. The van der Waals surface area contributed by atoms with Crippen LogP contribution in [0.5, 0.6) is 11.5 Å². The van der Waals surface area contributed by atoms with E-state index in [0.29, 0.717) is 43.7 Å². The fourth-order valence-corrected chi connectivity index (χ4v) is 3.73. The first-order valence-electron chi connectivity index (χ1n) is 9.20. The molecule has 0 bridgehead atoms. The maximum Gasteiger partial charge on any atom is 0.434 e. The van der Waals surface area contributed by atoms with Gasteiger partial charge in [-0.25, -0.2) is 9.89 Å². The second-order valence-electron chi connectivity index (χ2n) is 7.53. The number of hydrogen-bond acceptors (Lipinski definition) is 6. The van der Waals surface area contributed by atoms with Crippen LogP contribution in [0.25, 0.3) is 0 Å². The minimum atomic E-state index is -0.718. The van der Waals surface area contributed by atoms with Crippen LogP contribution in [0.2, 0.25) is 0 Å². The predicted molar refractivity (Wildman–Crippen MR) is 96.1 cm³/mol. The molecule has 0 radical (unpaired) electrons. The monoisotopic (exact) mass is 373 g/mol. The maximum absolute atomic E-state index is 13.3. The molecule has 0 aliphatic carbocycles. The summed E-state index contributed by atoms with van der Waals surface area (Å²) in [5, 5.41) is 6.22. The van der Waals surface area contributed by atoms with Crippen LogP contribution in [0, 0.1) is 0 Å². The number of ether oxygens (including phenoxy) is 2. The van der Waals surface area contributed by atoms with Crippen molar-refractivity contribution in [1.29, 1.82) is 0 Å². The highest BCUT2D eigenvalue weighted by Crippen LogP contribution is 2.37. The summed E-state index contributed by atoms with van der Waals surface area (Å²) in [6.45, 7) is 6.04. The first-order valence-corrected chi connectivity index (χ1v) is 9.20. The molecule has 1 N–H and O–H groups in total. The molecule has 8 nitrogen and oxygen atoms in total. The summed E-state index contributed by atoms with van der Waals surface area (Å²) in [5.74, 6) is 1.15. The number of rotatable bonds is 3. The van der Waals surface area contributed by atoms with Gasteiger partial charge in [-0.05, 0) is 44.4 Å². The number of benzene rings is 1. The van der Waals surface area contributed by atoms with E-state index in [9.17, 15) is 9.59 Å². The van der Waals surface area contributed by atoms with Gasteiger partial charge in [-0.2, -0.15) is 0 Å². The van der Waals surface area contributed by atoms with Gasteiger partial charge in [0.1, 0.15) is 13.2 Å². The summed E-state index contributed by atoms with van der Waals surface area (Å²) in [7, 11) is 0. The van der Waals surface area contributed by atoms with E-state index >= 15 is 0 Å². The molecule has 2 aliphatic rings. The zero-order chi connectivity index (χ0) is 19.0. The Labute approximate surface area is 156 Å². The lowest BCUT2D eigenvalue weighted by Gasteiger charge is -2.37. The minimum absolute atomic E-state index is 0.0294. The number of piperidine rings is 1. The molecule has 1 atom stereocenters. The van der Waals surface area contributed by atoms with Gasteiger partial charge in [0, 0.05) is 13.1 Å². The molecule has 1 unspecified atom stereocenters. The van der Waals surface area contributed by atoms with Crippen LogP contribution in [-0.2, 0) is 10.2 Å². The average molecular weight is 373 g/mol. The molecule has 2 aliphatic heterocycles. The van der Waals surface area contributed by atoms with Crippen LogP contribution >= 0.6 is 0 Å². The number of hydrogen-bond donors (Lipinski definition) is 1. The largest absolute Gasteiger partial charge is 0.486 e. The number of carbonyl (C=O) groups excluding carboxylic acids is 1. The van der Waals surface area contributed by atoms with Crippen molar-refractivity contribution in [3.05, 3.63) is 40.2 Å². The average Bonchev–Trinajstić information content (AvgIpc) is 3.13. The van der Waals surface area contributed by atoms with Gasteiger partial charge in [-0.15, -0.1) is 5.10 Å². The van der Waals surface area contributed by atoms with E-state index in [1.807, 2.05) is 36.9 Å². The number of aromatic amines is 1. The molecule has 1 aromatic heterocycles. The summed E-state index contributed by atoms with van der Waals surface area (Å²) in [6.07, 6.45) is 1.67. The van der Waals surface area contributed by atoms with Gasteiger partial charge in [0.2, 0.25) is 11.8 Å². The van der Waals surface area contributed by atoms with Crippen molar-refractivity contribution in [3.63, 3.8) is 0 Å². The number of nitrogens with zero attached hydrogens (tertiary/aromatic N) is 2. The molecule has 3 heterocycles. The van der Waals surface area contributed by atoms with Crippen molar-refractivity contribution in [1.82, 2.24) is 15.1 Å². The lowest BCUT2D eigenvalue weighted by molar-refractivity contribution is -0.137. The van der Waals surface area contributed by atoms with Crippen LogP contribution in [0.15, 0.2) is 27.4 Å². The molecule has 144 valence electrons. The summed E-state index contributed by atoms with van der Waals surface area (Å²) in [6, 6.07) is 5.66. The fraction of sp³-hybridized carbons (Fsp3) is 0.526. The lowest BCUT2D eigenvalue weighted by Crippen LogP contribution is -2.47. The van der Waals surface area contributed by atoms with Crippen LogP contribution in [0.3, 0.4) is 0 Å². The molecule has 1 aromatic carbocycles. The van der Waals surface area contributed by atoms with Crippen LogP contribution in [0.4, 0.5) is 0 Å². The molecular weight excluding hydrogens is 350 g/mol. The van der Waals surface area contributed by atoms with Crippen molar-refractivity contribution in [2.75, 3.05) is 26.3 Å². The highest BCUT2D eigenvalue weighted by Gasteiger charge is 2.37. The highest BCUT2D eigenvalue weighted by molar-refractivity contribution is 5.87. The fourth-order valence-electron chi connectivity index (χ4n) is 3.73. The summed E-state index contributed by atoms with van der Waals surface area (Å²) in [5.41, 5.74) is 0.162. The first-order chi connectivity index (χ1) is 12.9. The highest BCUT2D eigenvalue weighted by atomic mass is 16.6. The topological polar surface area (TPSA) is 97.7 Å². The van der Waals surface area contributed by atoms with Crippen LogP contribution < -0.4 is 15.2 Å². The van der Waals surface area contributed by atoms with E-state index in [0.717, 1.165) is 18.4 Å². The Morgan fingerprint density at radius 1 is 1.26 bits per heavy atom. The van der Waals surface area contributed by atoms with Crippen molar-refractivity contribution in [3.8, 4) is 11.5 Å². The third kappa shape index (κ3) is 3.31. The number of aromatic nitrogens is 2. The molecule has 8 heteroatoms. The molecule has 2 aromatic rings. The summed E-state index contributed by atoms with van der Waals surface area (Å²) < 4.78 is 16.3. The van der Waals surface area contributed by atoms with Crippen molar-refractivity contribution < 1.29 is 18.7 Å². The Morgan fingerprint density at radius 2 is 2.04 bits per heavy atom. The lowest BCUT2D eigenvalue weighted by atomic mass is 9.82. The molecule has 1 amide bonds. The molecule has 27 heavy (non-hydrogen) atoms. The van der Waals surface area contributed by atoms with Gasteiger partial charge in [-0.1, -0.05) is 6.07 Å². The van der Waals surface area contributed by atoms with Crippen molar-refractivity contribution in [2.45, 2.75) is 38.0 Å². The van der Waals surface area contributed by atoms with E-state index in [4.69, 9.17) is 13.9 Å². The van der Waals surface area contributed by atoms with E-state index in [-0.39, 0.29) is 11.8 Å². The Balaban J connectivity index is 1.54. The Morgan fingerprint density at radius 3 is 2.78 bits per heavy atom. The standard InChI is InChI=1S/C19H23N3O5/c1-19(2,13-5-6-14-15(10-13)26-9-8-25-14)17(23)22-7-3-4-12(11-22)16-20-21-18(24)27-16/h5-6,10,12H,3-4,7-9,11H2,1-2H3,(H,21,24). The second-order valence-corrected chi connectivity index (χ2v) is 7.53. The number of fused-ring (bicyclic) bond motifs is 1. The second kappa shape index (κ2) is 6.75. The van der Waals surface area contributed by atoms with Gasteiger partial charge in [0.25, 0.3) is 0 Å². The number of nitrogens with one attached hydrogen (secondary N) is 1. The zero-order valence-electron chi connectivity index (χ0n) is 15.5. The predicted octanol–water partition coefficient (Wildman–Crippen LogP) is 1.82. The third-order valence-electron chi connectivity index (χ3n) is 5.31. The first kappa shape index (κ1) is 17.6. The van der Waals surface area contributed by atoms with E-state index in [1.165, 1.54) is 0 Å². The summed E-state index contributed by atoms with van der Waals surface area (Å²) in [4.78, 5) is 26.4. The van der Waals surface area contributed by atoms with E-state index in [1.54, 1.807) is 0 Å². The molecule has 0 saturated carbocycles. The van der Waals surface area contributed by atoms with Gasteiger partial charge >= 0.3 is 5.76 Å². The maximum atomic E-state index is 13.3. The van der Waals surface area contributed by atoms with Gasteiger partial charge in [0.05, 0.1) is 11.3 Å². The quantitative estimate of drug-likeness (QED) is 0.881.